The summed E-state index contributed by atoms with van der Waals surface area (Å²) >= 11 is 0. The van der Waals surface area contributed by atoms with E-state index in [-0.39, 0.29) is 5.56 Å². The predicted molar refractivity (Wildman–Crippen MR) is 66.1 cm³/mol. The fourth-order valence-corrected chi connectivity index (χ4v) is 2.30. The highest BCUT2D eigenvalue weighted by molar-refractivity contribution is 5.58. The van der Waals surface area contributed by atoms with Crippen molar-refractivity contribution in [1.82, 2.24) is 0 Å². The lowest BCUT2D eigenvalue weighted by Gasteiger charge is -2.39. The SMILES string of the molecule is CC(C)C1CC(Nc2cccc(F)c2C#N)C1. The van der Waals surface area contributed by atoms with Crippen LogP contribution < -0.4 is 5.32 Å². The minimum atomic E-state index is -0.447. The van der Waals surface area contributed by atoms with E-state index in [2.05, 4.69) is 19.2 Å². The zero-order valence-corrected chi connectivity index (χ0v) is 10.2. The molecule has 2 nitrogen and oxygen atoms in total. The zero-order chi connectivity index (χ0) is 12.4. The summed E-state index contributed by atoms with van der Waals surface area (Å²) in [5.74, 6) is 1.01. The number of hydrogen-bond donors (Lipinski definition) is 1. The van der Waals surface area contributed by atoms with Crippen molar-refractivity contribution in [3.63, 3.8) is 0 Å². The van der Waals surface area contributed by atoms with E-state index in [1.54, 1.807) is 12.1 Å². The van der Waals surface area contributed by atoms with Crippen LogP contribution in [-0.4, -0.2) is 6.04 Å². The molecule has 0 amide bonds. The molecule has 0 bridgehead atoms. The highest BCUT2D eigenvalue weighted by Crippen LogP contribution is 2.36. The fourth-order valence-electron chi connectivity index (χ4n) is 2.30. The summed E-state index contributed by atoms with van der Waals surface area (Å²) in [6.07, 6.45) is 2.22. The first-order valence-corrected chi connectivity index (χ1v) is 6.07. The second-order valence-corrected chi connectivity index (χ2v) is 5.09. The van der Waals surface area contributed by atoms with Crippen molar-refractivity contribution in [2.75, 3.05) is 5.32 Å². The fraction of sp³-hybridized carbons (Fsp3) is 0.500. The largest absolute Gasteiger partial charge is 0.381 e. The Bertz CT molecular complexity index is 442. The van der Waals surface area contributed by atoms with E-state index in [0.717, 1.165) is 18.8 Å². The molecule has 0 atom stereocenters. The second-order valence-electron chi connectivity index (χ2n) is 5.09. The van der Waals surface area contributed by atoms with E-state index in [0.29, 0.717) is 17.6 Å². The Morgan fingerprint density at radius 3 is 2.71 bits per heavy atom. The lowest BCUT2D eigenvalue weighted by Crippen LogP contribution is -2.38. The van der Waals surface area contributed by atoms with Crippen molar-refractivity contribution >= 4 is 5.69 Å². The van der Waals surface area contributed by atoms with Crippen molar-refractivity contribution in [2.45, 2.75) is 32.7 Å². The summed E-state index contributed by atoms with van der Waals surface area (Å²) in [6, 6.07) is 7.02. The van der Waals surface area contributed by atoms with Crippen LogP contribution in [0.1, 0.15) is 32.3 Å². The number of nitriles is 1. The van der Waals surface area contributed by atoms with E-state index < -0.39 is 5.82 Å². The average Bonchev–Trinajstić information content (AvgIpc) is 2.22. The van der Waals surface area contributed by atoms with Crippen molar-refractivity contribution in [3.8, 4) is 6.07 Å². The normalized spacial score (nSPS) is 23.0. The maximum Gasteiger partial charge on any atom is 0.143 e. The first kappa shape index (κ1) is 11.9. The van der Waals surface area contributed by atoms with Gasteiger partial charge in [-0.3, -0.25) is 0 Å². The van der Waals surface area contributed by atoms with Gasteiger partial charge in [-0.1, -0.05) is 19.9 Å². The van der Waals surface area contributed by atoms with Gasteiger partial charge in [-0.25, -0.2) is 4.39 Å². The molecule has 0 aromatic heterocycles. The van der Waals surface area contributed by atoms with Gasteiger partial charge in [0.1, 0.15) is 17.4 Å². The van der Waals surface area contributed by atoms with Crippen LogP contribution in [0, 0.1) is 29.0 Å². The number of halogens is 1. The molecule has 3 heteroatoms. The summed E-state index contributed by atoms with van der Waals surface area (Å²) in [5.41, 5.74) is 0.750. The van der Waals surface area contributed by atoms with E-state index in [1.165, 1.54) is 6.07 Å². The monoisotopic (exact) mass is 232 g/mol. The zero-order valence-electron chi connectivity index (χ0n) is 10.2. The van der Waals surface area contributed by atoms with Crippen molar-refractivity contribution < 1.29 is 4.39 Å². The first-order valence-electron chi connectivity index (χ1n) is 6.07. The Morgan fingerprint density at radius 1 is 1.41 bits per heavy atom. The van der Waals surface area contributed by atoms with E-state index in [9.17, 15) is 4.39 Å². The van der Waals surface area contributed by atoms with Crippen LogP contribution in [0.3, 0.4) is 0 Å². The van der Waals surface area contributed by atoms with E-state index >= 15 is 0 Å². The van der Waals surface area contributed by atoms with Crippen molar-refractivity contribution in [2.24, 2.45) is 11.8 Å². The smallest absolute Gasteiger partial charge is 0.143 e. The molecule has 1 aromatic rings. The Morgan fingerprint density at radius 2 is 2.12 bits per heavy atom. The maximum absolute atomic E-state index is 13.4. The quantitative estimate of drug-likeness (QED) is 0.865. The predicted octanol–water partition coefficient (Wildman–Crippen LogP) is 3.54. The van der Waals surface area contributed by atoms with Gasteiger partial charge in [0, 0.05) is 6.04 Å². The molecule has 90 valence electrons. The Hall–Kier alpha value is -1.56. The van der Waals surface area contributed by atoms with Crippen LogP contribution in [0.25, 0.3) is 0 Å². The lowest BCUT2D eigenvalue weighted by molar-refractivity contribution is 0.212. The van der Waals surface area contributed by atoms with Crippen LogP contribution in [-0.2, 0) is 0 Å². The molecular weight excluding hydrogens is 215 g/mol. The van der Waals surface area contributed by atoms with Gasteiger partial charge in [0.05, 0.1) is 5.69 Å². The molecule has 1 saturated carbocycles. The molecule has 0 saturated heterocycles. The topological polar surface area (TPSA) is 35.8 Å². The molecule has 17 heavy (non-hydrogen) atoms. The third-order valence-corrected chi connectivity index (χ3v) is 3.60. The molecule has 1 aliphatic carbocycles. The van der Waals surface area contributed by atoms with Gasteiger partial charge in [-0.05, 0) is 36.8 Å². The van der Waals surface area contributed by atoms with Gasteiger partial charge < -0.3 is 5.32 Å². The highest BCUT2D eigenvalue weighted by atomic mass is 19.1. The van der Waals surface area contributed by atoms with Crippen LogP contribution in [0.15, 0.2) is 18.2 Å². The first-order chi connectivity index (χ1) is 8.11. The molecule has 0 aliphatic heterocycles. The summed E-state index contributed by atoms with van der Waals surface area (Å²) in [5, 5.41) is 12.2. The molecule has 0 spiro atoms. The number of hydrogen-bond acceptors (Lipinski definition) is 2. The molecular formula is C14H17FN2. The molecule has 0 heterocycles. The highest BCUT2D eigenvalue weighted by Gasteiger charge is 2.31. The van der Waals surface area contributed by atoms with Crippen LogP contribution in [0.2, 0.25) is 0 Å². The minimum Gasteiger partial charge on any atom is -0.381 e. The molecule has 1 aliphatic rings. The Balaban J connectivity index is 2.02. The molecule has 0 unspecified atom stereocenters. The molecule has 1 aromatic carbocycles. The molecule has 1 N–H and O–H groups in total. The van der Waals surface area contributed by atoms with Crippen LogP contribution >= 0.6 is 0 Å². The van der Waals surface area contributed by atoms with Gasteiger partial charge in [-0.2, -0.15) is 5.26 Å². The summed E-state index contributed by atoms with van der Waals surface area (Å²) in [4.78, 5) is 0. The number of nitrogens with zero attached hydrogens (tertiary/aromatic N) is 1. The number of rotatable bonds is 3. The third-order valence-electron chi connectivity index (χ3n) is 3.60. The number of nitrogens with one attached hydrogen (secondary N) is 1. The maximum atomic E-state index is 13.4. The number of benzene rings is 1. The Labute approximate surface area is 101 Å². The van der Waals surface area contributed by atoms with E-state index in [1.807, 2.05) is 6.07 Å². The molecule has 0 radical (unpaired) electrons. The van der Waals surface area contributed by atoms with Gasteiger partial charge in [-0.15, -0.1) is 0 Å². The van der Waals surface area contributed by atoms with Crippen molar-refractivity contribution in [1.29, 1.82) is 5.26 Å². The number of anilines is 1. The molecule has 1 fully saturated rings. The third kappa shape index (κ3) is 2.41. The van der Waals surface area contributed by atoms with Crippen LogP contribution in [0.4, 0.5) is 10.1 Å². The van der Waals surface area contributed by atoms with E-state index in [4.69, 9.17) is 5.26 Å². The average molecular weight is 232 g/mol. The van der Waals surface area contributed by atoms with Gasteiger partial charge in [0.15, 0.2) is 0 Å². The lowest BCUT2D eigenvalue weighted by atomic mass is 9.73. The minimum absolute atomic E-state index is 0.125. The summed E-state index contributed by atoms with van der Waals surface area (Å²) in [6.45, 7) is 4.45. The van der Waals surface area contributed by atoms with Crippen molar-refractivity contribution in [3.05, 3.63) is 29.6 Å². The van der Waals surface area contributed by atoms with Crippen LogP contribution in [0.5, 0.6) is 0 Å². The second kappa shape index (κ2) is 4.75. The van der Waals surface area contributed by atoms with Gasteiger partial charge >= 0.3 is 0 Å². The standard InChI is InChI=1S/C14H17FN2/c1-9(2)10-6-11(7-10)17-14-5-3-4-13(15)12(14)8-16/h3-5,9-11,17H,6-7H2,1-2H3. The molecule has 2 rings (SSSR count). The summed E-state index contributed by atoms with van der Waals surface area (Å²) in [7, 11) is 0. The van der Waals surface area contributed by atoms with Gasteiger partial charge in [0.25, 0.3) is 0 Å². The Kier molecular flexibility index (Phi) is 3.33. The summed E-state index contributed by atoms with van der Waals surface area (Å²) < 4.78 is 13.4. The van der Waals surface area contributed by atoms with Gasteiger partial charge in [0.2, 0.25) is 0 Å².